The van der Waals surface area contributed by atoms with Crippen molar-refractivity contribution in [2.24, 2.45) is 0 Å². The Bertz CT molecular complexity index is 1580. The fourth-order valence-corrected chi connectivity index (χ4v) is 5.86. The largest absolute Gasteiger partial charge is 0.343 e. The topological polar surface area (TPSA) is 67.2 Å². The molecular formula is C31H28F4N4O2. The third kappa shape index (κ3) is 5.42. The Balaban J connectivity index is 1.23. The highest BCUT2D eigenvalue weighted by Gasteiger charge is 2.47. The molecule has 0 bridgehead atoms. The number of amides is 2. The molecule has 3 unspecified atom stereocenters. The molecule has 0 radical (unpaired) electrons. The average molecular weight is 565 g/mol. The molecule has 212 valence electrons. The van der Waals surface area contributed by atoms with Crippen LogP contribution in [0.5, 0.6) is 0 Å². The van der Waals surface area contributed by atoms with Gasteiger partial charge in [0.05, 0.1) is 29.9 Å². The van der Waals surface area contributed by atoms with E-state index in [9.17, 15) is 22.8 Å². The Morgan fingerprint density at radius 3 is 2.46 bits per heavy atom. The standard InChI is InChI=1S/C31H28F4N4O2/c32-22-13-27(39(16-22)28(40)17-38-18-36-25-8-4-5-9-26(25)38)30(41)37-29(19-6-2-1-3-7-19)20-10-11-23(24(33)12-20)21-14-31(34,35)15-21/h1-12,18,21-22,27,29H,13-17H2,(H,37,41). The summed E-state index contributed by atoms with van der Waals surface area (Å²) < 4.78 is 58.2. The smallest absolute Gasteiger partial charge is 0.249 e. The van der Waals surface area contributed by atoms with Gasteiger partial charge in [0.25, 0.3) is 0 Å². The number of halogens is 4. The Labute approximate surface area is 234 Å². The van der Waals surface area contributed by atoms with Gasteiger partial charge in [-0.2, -0.15) is 0 Å². The highest BCUT2D eigenvalue weighted by atomic mass is 19.3. The molecule has 3 aromatic carbocycles. The molecule has 3 atom stereocenters. The number of imidazole rings is 1. The van der Waals surface area contributed by atoms with Crippen LogP contribution in [0.3, 0.4) is 0 Å². The highest BCUT2D eigenvalue weighted by molar-refractivity contribution is 5.89. The number of hydrogen-bond donors (Lipinski definition) is 1. The van der Waals surface area contributed by atoms with Gasteiger partial charge in [0, 0.05) is 19.3 Å². The van der Waals surface area contributed by atoms with Crippen molar-refractivity contribution in [2.75, 3.05) is 6.54 Å². The summed E-state index contributed by atoms with van der Waals surface area (Å²) >= 11 is 0. The number of benzene rings is 3. The Kier molecular flexibility index (Phi) is 7.01. The van der Waals surface area contributed by atoms with Crippen molar-refractivity contribution in [3.63, 3.8) is 0 Å². The summed E-state index contributed by atoms with van der Waals surface area (Å²) in [6.45, 7) is -0.319. The van der Waals surface area contributed by atoms with Gasteiger partial charge in [0.2, 0.25) is 17.7 Å². The molecule has 0 spiro atoms. The van der Waals surface area contributed by atoms with E-state index < -0.39 is 60.6 Å². The maximum atomic E-state index is 15.1. The van der Waals surface area contributed by atoms with Gasteiger partial charge in [-0.3, -0.25) is 9.59 Å². The molecule has 2 amide bonds. The van der Waals surface area contributed by atoms with E-state index >= 15 is 4.39 Å². The monoisotopic (exact) mass is 564 g/mol. The lowest BCUT2D eigenvalue weighted by molar-refractivity contribution is -0.139. The second-order valence-corrected chi connectivity index (χ2v) is 10.9. The van der Waals surface area contributed by atoms with Gasteiger partial charge in [-0.05, 0) is 40.8 Å². The molecule has 6 rings (SSSR count). The highest BCUT2D eigenvalue weighted by Crippen LogP contribution is 2.49. The lowest BCUT2D eigenvalue weighted by Crippen LogP contribution is -2.47. The molecule has 2 aliphatic rings. The molecule has 2 fully saturated rings. The number of para-hydroxylation sites is 2. The van der Waals surface area contributed by atoms with Gasteiger partial charge in [0.15, 0.2) is 0 Å². The van der Waals surface area contributed by atoms with E-state index in [-0.39, 0.29) is 25.1 Å². The molecule has 1 aliphatic carbocycles. The molecule has 1 aliphatic heterocycles. The average Bonchev–Trinajstić information content (AvgIpc) is 3.54. The predicted octanol–water partition coefficient (Wildman–Crippen LogP) is 5.53. The summed E-state index contributed by atoms with van der Waals surface area (Å²) in [6, 6.07) is 18.7. The number of aromatic nitrogens is 2. The number of likely N-dealkylation sites (tertiary alicyclic amines) is 1. The zero-order valence-corrected chi connectivity index (χ0v) is 22.0. The third-order valence-electron chi connectivity index (χ3n) is 8.01. The molecular weight excluding hydrogens is 536 g/mol. The van der Waals surface area contributed by atoms with Gasteiger partial charge in [-0.1, -0.05) is 54.6 Å². The molecule has 2 heterocycles. The van der Waals surface area contributed by atoms with E-state index in [0.29, 0.717) is 16.6 Å². The van der Waals surface area contributed by atoms with Crippen LogP contribution in [0.4, 0.5) is 17.6 Å². The first kappa shape index (κ1) is 27.0. The van der Waals surface area contributed by atoms with E-state index in [1.165, 1.54) is 23.4 Å². The molecule has 1 saturated heterocycles. The number of fused-ring (bicyclic) bond motifs is 1. The van der Waals surface area contributed by atoms with Crippen LogP contribution in [-0.4, -0.2) is 50.9 Å². The van der Waals surface area contributed by atoms with Crippen molar-refractivity contribution in [2.45, 2.75) is 55.9 Å². The molecule has 10 heteroatoms. The minimum absolute atomic E-state index is 0.105. The minimum atomic E-state index is -2.78. The van der Waals surface area contributed by atoms with Crippen LogP contribution in [0.25, 0.3) is 11.0 Å². The zero-order chi connectivity index (χ0) is 28.7. The van der Waals surface area contributed by atoms with Gasteiger partial charge < -0.3 is 14.8 Å². The molecule has 1 N–H and O–H groups in total. The summed E-state index contributed by atoms with van der Waals surface area (Å²) in [4.78, 5) is 32.4. The van der Waals surface area contributed by atoms with Crippen molar-refractivity contribution in [3.05, 3.63) is 102 Å². The maximum absolute atomic E-state index is 15.1. The van der Waals surface area contributed by atoms with E-state index in [1.807, 2.05) is 24.3 Å². The van der Waals surface area contributed by atoms with Gasteiger partial charge in [-0.15, -0.1) is 0 Å². The molecule has 41 heavy (non-hydrogen) atoms. The SMILES string of the molecule is O=C(NC(c1ccccc1)c1ccc(C2CC(F)(F)C2)c(F)c1)C1CC(F)CN1C(=O)Cn1cnc2ccccc21. The number of carbonyl (C=O) groups is 2. The quantitative estimate of drug-likeness (QED) is 0.300. The fraction of sp³-hybridized carbons (Fsp3) is 0.323. The summed E-state index contributed by atoms with van der Waals surface area (Å²) in [5.74, 6) is -4.94. The summed E-state index contributed by atoms with van der Waals surface area (Å²) in [5.41, 5.74) is 2.75. The van der Waals surface area contributed by atoms with E-state index in [0.717, 1.165) is 5.52 Å². The molecule has 4 aromatic rings. The van der Waals surface area contributed by atoms with Crippen molar-refractivity contribution >= 4 is 22.8 Å². The lowest BCUT2D eigenvalue weighted by Gasteiger charge is -2.35. The fourth-order valence-electron chi connectivity index (χ4n) is 5.86. The third-order valence-corrected chi connectivity index (χ3v) is 8.01. The van der Waals surface area contributed by atoms with Crippen LogP contribution in [0.1, 0.15) is 47.9 Å². The molecule has 1 saturated carbocycles. The van der Waals surface area contributed by atoms with Gasteiger partial charge >= 0.3 is 0 Å². The number of hydrogen-bond acceptors (Lipinski definition) is 3. The van der Waals surface area contributed by atoms with E-state index in [4.69, 9.17) is 0 Å². The zero-order valence-electron chi connectivity index (χ0n) is 22.0. The summed E-state index contributed by atoms with van der Waals surface area (Å²) in [6.07, 6.45) is -0.788. The first-order valence-electron chi connectivity index (χ1n) is 13.5. The van der Waals surface area contributed by atoms with Crippen molar-refractivity contribution in [1.29, 1.82) is 0 Å². The van der Waals surface area contributed by atoms with Crippen LogP contribution in [0.15, 0.2) is 79.1 Å². The Morgan fingerprint density at radius 2 is 1.73 bits per heavy atom. The first-order chi connectivity index (χ1) is 19.7. The second kappa shape index (κ2) is 10.6. The van der Waals surface area contributed by atoms with Crippen LogP contribution >= 0.6 is 0 Å². The Hall–Kier alpha value is -4.21. The van der Waals surface area contributed by atoms with Crippen LogP contribution in [-0.2, 0) is 16.1 Å². The van der Waals surface area contributed by atoms with Crippen molar-refractivity contribution in [1.82, 2.24) is 19.8 Å². The lowest BCUT2D eigenvalue weighted by atomic mass is 9.76. The number of carbonyl (C=O) groups excluding carboxylic acids is 2. The first-order valence-corrected chi connectivity index (χ1v) is 13.5. The van der Waals surface area contributed by atoms with Gasteiger partial charge in [-0.25, -0.2) is 22.5 Å². The van der Waals surface area contributed by atoms with Crippen LogP contribution < -0.4 is 5.32 Å². The number of nitrogens with zero attached hydrogens (tertiary/aromatic N) is 3. The number of rotatable bonds is 7. The van der Waals surface area contributed by atoms with Crippen molar-refractivity contribution in [3.8, 4) is 0 Å². The minimum Gasteiger partial charge on any atom is -0.343 e. The van der Waals surface area contributed by atoms with Gasteiger partial charge in [0.1, 0.15) is 24.6 Å². The van der Waals surface area contributed by atoms with Crippen molar-refractivity contribution < 1.29 is 27.2 Å². The summed E-state index contributed by atoms with van der Waals surface area (Å²) in [7, 11) is 0. The van der Waals surface area contributed by atoms with Crippen LogP contribution in [0.2, 0.25) is 0 Å². The molecule has 6 nitrogen and oxygen atoms in total. The van der Waals surface area contributed by atoms with E-state index in [1.54, 1.807) is 41.0 Å². The number of alkyl halides is 3. The summed E-state index contributed by atoms with van der Waals surface area (Å²) in [5, 5.41) is 2.90. The van der Waals surface area contributed by atoms with Crippen LogP contribution in [0, 0.1) is 5.82 Å². The number of nitrogens with one attached hydrogen (secondary N) is 1. The second-order valence-electron chi connectivity index (χ2n) is 10.9. The molecule has 1 aromatic heterocycles. The van der Waals surface area contributed by atoms with E-state index in [2.05, 4.69) is 10.3 Å². The maximum Gasteiger partial charge on any atom is 0.249 e. The normalized spacial score (nSPS) is 21.0. The predicted molar refractivity (Wildman–Crippen MR) is 144 cm³/mol. The Morgan fingerprint density at radius 1 is 1.00 bits per heavy atom.